The van der Waals surface area contributed by atoms with Crippen molar-refractivity contribution < 1.29 is 9.90 Å². The van der Waals surface area contributed by atoms with Crippen molar-refractivity contribution in [3.63, 3.8) is 0 Å². The van der Waals surface area contributed by atoms with Gasteiger partial charge in [0.15, 0.2) is 5.82 Å². The third-order valence-corrected chi connectivity index (χ3v) is 7.44. The summed E-state index contributed by atoms with van der Waals surface area (Å²) in [7, 11) is 3.69. The van der Waals surface area contributed by atoms with Gasteiger partial charge in [-0.1, -0.05) is 55.8 Å². The van der Waals surface area contributed by atoms with Crippen molar-refractivity contribution in [1.82, 2.24) is 14.5 Å². The predicted molar refractivity (Wildman–Crippen MR) is 171 cm³/mol. The Morgan fingerprint density at radius 2 is 1.81 bits per heavy atom. The molecule has 0 fully saturated rings. The van der Waals surface area contributed by atoms with E-state index in [1.54, 1.807) is 13.2 Å². The predicted octanol–water partition coefficient (Wildman–Crippen LogP) is 5.56. The van der Waals surface area contributed by atoms with Crippen LogP contribution in [0.5, 0.6) is 0 Å². The molecule has 0 aliphatic rings. The van der Waals surface area contributed by atoms with E-state index in [1.165, 1.54) is 4.57 Å². The number of hydrogen-bond donors (Lipinski definition) is 3. The Hall–Kier alpha value is -4.27. The second-order valence-corrected chi connectivity index (χ2v) is 10.7. The summed E-state index contributed by atoms with van der Waals surface area (Å²) in [6, 6.07) is 21.4. The minimum absolute atomic E-state index is 0.130. The van der Waals surface area contributed by atoms with Gasteiger partial charge in [-0.25, -0.2) is 4.98 Å². The van der Waals surface area contributed by atoms with Crippen LogP contribution in [0.25, 0.3) is 11.3 Å². The maximum Gasteiger partial charge on any atom is 0.293 e. The largest absolute Gasteiger partial charge is 0.395 e. The Morgan fingerprint density at radius 3 is 2.60 bits per heavy atom. The molecule has 1 amide bonds. The van der Waals surface area contributed by atoms with Gasteiger partial charge in [0.25, 0.3) is 11.5 Å². The molecule has 0 saturated carbocycles. The molecule has 0 unspecified atom stereocenters. The van der Waals surface area contributed by atoms with Crippen molar-refractivity contribution in [1.29, 1.82) is 0 Å². The highest BCUT2D eigenvalue weighted by Crippen LogP contribution is 2.28. The first kappa shape index (κ1) is 30.7. The number of carbonyl (C=O) groups is 1. The lowest BCUT2D eigenvalue weighted by molar-refractivity contribution is 0.102. The number of anilines is 3. The molecule has 4 rings (SSSR count). The van der Waals surface area contributed by atoms with E-state index in [0.29, 0.717) is 23.5 Å². The molecule has 0 aliphatic carbocycles. The van der Waals surface area contributed by atoms with Crippen LogP contribution in [0.15, 0.2) is 77.7 Å². The second kappa shape index (κ2) is 14.6. The number of benzene rings is 3. The van der Waals surface area contributed by atoms with Crippen LogP contribution in [0.1, 0.15) is 46.8 Å². The van der Waals surface area contributed by atoms with Crippen molar-refractivity contribution in [2.45, 2.75) is 39.5 Å². The van der Waals surface area contributed by atoms with Gasteiger partial charge in [-0.2, -0.15) is 0 Å². The molecule has 220 valence electrons. The molecule has 0 atom stereocenters. The third kappa shape index (κ3) is 7.72. The molecule has 0 bridgehead atoms. The maximum atomic E-state index is 13.3. The lowest BCUT2D eigenvalue weighted by atomic mass is 10.0. The van der Waals surface area contributed by atoms with Crippen LogP contribution in [0.4, 0.5) is 17.2 Å². The van der Waals surface area contributed by atoms with E-state index in [4.69, 9.17) is 10.1 Å². The molecule has 0 saturated heterocycles. The van der Waals surface area contributed by atoms with E-state index < -0.39 is 0 Å². The van der Waals surface area contributed by atoms with Crippen LogP contribution in [0.2, 0.25) is 0 Å². The van der Waals surface area contributed by atoms with E-state index in [-0.39, 0.29) is 23.9 Å². The minimum atomic E-state index is -0.238. The van der Waals surface area contributed by atoms with Gasteiger partial charge in [0.2, 0.25) is 0 Å². The molecule has 0 radical (unpaired) electrons. The fourth-order valence-corrected chi connectivity index (χ4v) is 4.93. The number of rotatable bonds is 13. The number of unbranched alkanes of at least 4 members (excludes halogenated alkanes) is 1. The lowest BCUT2D eigenvalue weighted by Crippen LogP contribution is -2.24. The first-order valence-corrected chi connectivity index (χ1v) is 14.5. The Balaban J connectivity index is 1.58. The molecule has 8 heteroatoms. The Labute approximate surface area is 248 Å². The second-order valence-electron chi connectivity index (χ2n) is 10.7. The molecule has 42 heavy (non-hydrogen) atoms. The third-order valence-electron chi connectivity index (χ3n) is 7.44. The van der Waals surface area contributed by atoms with E-state index in [9.17, 15) is 9.59 Å². The quantitative estimate of drug-likeness (QED) is 0.196. The maximum absolute atomic E-state index is 13.3. The number of nitrogens with zero attached hydrogens (tertiary/aromatic N) is 3. The van der Waals surface area contributed by atoms with Gasteiger partial charge >= 0.3 is 0 Å². The topological polar surface area (TPSA) is 99.5 Å². The first-order valence-electron chi connectivity index (χ1n) is 14.5. The minimum Gasteiger partial charge on any atom is -0.395 e. The van der Waals surface area contributed by atoms with E-state index in [2.05, 4.69) is 22.5 Å². The zero-order chi connectivity index (χ0) is 30.1. The van der Waals surface area contributed by atoms with Gasteiger partial charge in [0.1, 0.15) is 0 Å². The fraction of sp³-hybridized carbons (Fsp3) is 0.324. The van der Waals surface area contributed by atoms with Crippen LogP contribution in [0.3, 0.4) is 0 Å². The highest BCUT2D eigenvalue weighted by atomic mass is 16.3. The monoisotopic (exact) mass is 567 g/mol. The highest BCUT2D eigenvalue weighted by molar-refractivity contribution is 6.06. The number of nitrogens with one attached hydrogen (secondary N) is 2. The Kier molecular flexibility index (Phi) is 10.6. The SMILES string of the molecule is CCCCc1ccccc1C(=O)Nc1cccc(-c2cn(C)c(=O)c(Nc3cccc(CCN(C)CCO)c3)n2)c1C. The zero-order valence-corrected chi connectivity index (χ0v) is 25.0. The van der Waals surface area contributed by atoms with Crippen molar-refractivity contribution in [2.24, 2.45) is 7.05 Å². The van der Waals surface area contributed by atoms with E-state index in [0.717, 1.165) is 60.2 Å². The van der Waals surface area contributed by atoms with Crippen molar-refractivity contribution >= 4 is 23.1 Å². The molecule has 0 spiro atoms. The molecule has 3 N–H and O–H groups in total. The van der Waals surface area contributed by atoms with Gasteiger partial charge in [-0.15, -0.1) is 0 Å². The number of carbonyl (C=O) groups excluding carboxylic acids is 1. The number of hydrogen-bond acceptors (Lipinski definition) is 6. The van der Waals surface area contributed by atoms with E-state index >= 15 is 0 Å². The first-order chi connectivity index (χ1) is 20.3. The number of aliphatic hydroxyl groups excluding tert-OH is 1. The van der Waals surface area contributed by atoms with Crippen LogP contribution >= 0.6 is 0 Å². The average molecular weight is 568 g/mol. The Bertz CT molecular complexity index is 1580. The van der Waals surface area contributed by atoms with Crippen LogP contribution in [0, 0.1) is 6.92 Å². The molecule has 1 aromatic heterocycles. The number of amides is 1. The standard InChI is InChI=1S/C34H41N5O3/c1-5-6-12-26-13-7-8-15-29(26)33(41)37-30-17-10-16-28(24(30)2)31-23-39(4)34(42)32(36-31)35-27-14-9-11-25(22-27)18-19-38(3)20-21-40/h7-11,13-17,22-23,40H,5-6,12,18-21H2,1-4H3,(H,35,36)(H,37,41). The normalized spacial score (nSPS) is 11.1. The number of likely N-dealkylation sites (N-methyl/N-ethyl adjacent to an activating group) is 1. The molecule has 4 aromatic rings. The van der Waals surface area contributed by atoms with Gasteiger partial charge < -0.3 is 25.2 Å². The molecular formula is C34H41N5O3. The smallest absolute Gasteiger partial charge is 0.293 e. The summed E-state index contributed by atoms with van der Waals surface area (Å²) in [4.78, 5) is 33.1. The fourth-order valence-electron chi connectivity index (χ4n) is 4.93. The van der Waals surface area contributed by atoms with Gasteiger partial charge in [-0.3, -0.25) is 9.59 Å². The summed E-state index contributed by atoms with van der Waals surface area (Å²) in [6.45, 7) is 5.66. The average Bonchev–Trinajstić information content (AvgIpc) is 2.99. The van der Waals surface area contributed by atoms with E-state index in [1.807, 2.05) is 80.7 Å². The van der Waals surface area contributed by atoms with Crippen LogP contribution in [-0.2, 0) is 19.9 Å². The van der Waals surface area contributed by atoms with Gasteiger partial charge in [-0.05, 0) is 74.2 Å². The summed E-state index contributed by atoms with van der Waals surface area (Å²) in [5.41, 5.74) is 6.40. The van der Waals surface area contributed by atoms with Crippen molar-refractivity contribution in [3.05, 3.63) is 106 Å². The summed E-state index contributed by atoms with van der Waals surface area (Å²) in [5.74, 6) is 0.0865. The van der Waals surface area contributed by atoms with Gasteiger partial charge in [0, 0.05) is 48.8 Å². The van der Waals surface area contributed by atoms with Crippen LogP contribution < -0.4 is 16.2 Å². The summed E-state index contributed by atoms with van der Waals surface area (Å²) in [5, 5.41) is 15.5. The summed E-state index contributed by atoms with van der Waals surface area (Å²) < 4.78 is 1.52. The molecule has 3 aromatic carbocycles. The number of aliphatic hydroxyl groups is 1. The zero-order valence-electron chi connectivity index (χ0n) is 25.0. The van der Waals surface area contributed by atoms with Crippen molar-refractivity contribution in [2.75, 3.05) is 37.4 Å². The molecule has 8 nitrogen and oxygen atoms in total. The highest BCUT2D eigenvalue weighted by Gasteiger charge is 2.16. The number of aryl methyl sites for hydroxylation is 2. The molecule has 0 aliphatic heterocycles. The van der Waals surface area contributed by atoms with Crippen LogP contribution in [-0.4, -0.2) is 52.2 Å². The van der Waals surface area contributed by atoms with Gasteiger partial charge in [0.05, 0.1) is 12.3 Å². The summed E-state index contributed by atoms with van der Waals surface area (Å²) >= 11 is 0. The molecule has 1 heterocycles. The summed E-state index contributed by atoms with van der Waals surface area (Å²) in [6.07, 6.45) is 5.49. The lowest BCUT2D eigenvalue weighted by Gasteiger charge is -2.16. The Morgan fingerprint density at radius 1 is 1.02 bits per heavy atom. The van der Waals surface area contributed by atoms with Crippen molar-refractivity contribution in [3.8, 4) is 11.3 Å². The number of aromatic nitrogens is 2. The molecular weight excluding hydrogens is 526 g/mol.